The summed E-state index contributed by atoms with van der Waals surface area (Å²) in [6.07, 6.45) is 6.34. The second-order valence-corrected chi connectivity index (χ2v) is 8.04. The van der Waals surface area contributed by atoms with Crippen LogP contribution in [0.3, 0.4) is 0 Å². The molecule has 0 unspecified atom stereocenters. The van der Waals surface area contributed by atoms with E-state index in [-0.39, 0.29) is 16.5 Å². The number of aryl methyl sites for hydroxylation is 1. The van der Waals surface area contributed by atoms with Crippen LogP contribution in [0.1, 0.15) is 18.4 Å². The van der Waals surface area contributed by atoms with E-state index < -0.39 is 11.4 Å². The molecule has 7 nitrogen and oxygen atoms in total. The Kier molecular flexibility index (Phi) is 4.93. The lowest BCUT2D eigenvalue weighted by Crippen LogP contribution is -2.18. The van der Waals surface area contributed by atoms with E-state index in [2.05, 4.69) is 32.1 Å². The minimum Gasteiger partial charge on any atom is -0.456 e. The molecule has 1 fully saturated rings. The molecule has 0 spiro atoms. The Hall–Kier alpha value is -3.67. The third kappa shape index (κ3) is 3.96. The Labute approximate surface area is 188 Å². The monoisotopic (exact) mass is 448 g/mol. The fourth-order valence-corrected chi connectivity index (χ4v) is 3.32. The zero-order valence-electron chi connectivity index (χ0n) is 17.1. The summed E-state index contributed by atoms with van der Waals surface area (Å²) in [4.78, 5) is 12.5. The summed E-state index contributed by atoms with van der Waals surface area (Å²) < 4.78 is 22.7. The summed E-state index contributed by atoms with van der Waals surface area (Å²) >= 11 is 6.27. The molecule has 160 valence electrons. The number of rotatable bonds is 4. The average Bonchev–Trinajstić information content (AvgIpc) is 3.43. The maximum Gasteiger partial charge on any atom is 0.169 e. The number of anilines is 2. The van der Waals surface area contributed by atoms with Crippen molar-refractivity contribution in [1.82, 2.24) is 19.5 Å². The smallest absolute Gasteiger partial charge is 0.169 e. The molecule has 0 radical (unpaired) electrons. The van der Waals surface area contributed by atoms with Crippen LogP contribution in [0.15, 0.2) is 49.2 Å². The van der Waals surface area contributed by atoms with Crippen LogP contribution >= 0.6 is 11.6 Å². The van der Waals surface area contributed by atoms with Gasteiger partial charge in [0.25, 0.3) is 0 Å². The Morgan fingerprint density at radius 3 is 2.91 bits per heavy atom. The molecule has 0 atom stereocenters. The van der Waals surface area contributed by atoms with Crippen molar-refractivity contribution in [3.8, 4) is 23.3 Å². The molecular weight excluding hydrogens is 431 g/mol. The summed E-state index contributed by atoms with van der Waals surface area (Å²) in [7, 11) is 1.91. The normalized spacial score (nSPS) is 14.0. The number of benzene rings is 2. The number of hydrogen-bond acceptors (Lipinski definition) is 6. The number of fused-ring (bicyclic) bond motifs is 1. The van der Waals surface area contributed by atoms with Gasteiger partial charge in [-0.3, -0.25) is 0 Å². The Morgan fingerprint density at radius 2 is 2.09 bits per heavy atom. The van der Waals surface area contributed by atoms with Crippen LogP contribution in [-0.2, 0) is 7.05 Å². The predicted molar refractivity (Wildman–Crippen MR) is 121 cm³/mol. The van der Waals surface area contributed by atoms with Gasteiger partial charge in [-0.05, 0) is 37.1 Å². The lowest BCUT2D eigenvalue weighted by Gasteiger charge is -2.13. The molecule has 9 heteroatoms. The van der Waals surface area contributed by atoms with Gasteiger partial charge in [-0.15, -0.1) is 0 Å². The van der Waals surface area contributed by atoms with E-state index >= 15 is 4.39 Å². The number of nitrogens with one attached hydrogen (secondary N) is 1. The van der Waals surface area contributed by atoms with Crippen LogP contribution in [0.25, 0.3) is 11.0 Å². The van der Waals surface area contributed by atoms with Crippen LogP contribution in [0.4, 0.5) is 15.9 Å². The lowest BCUT2D eigenvalue weighted by atomic mass is 10.2. The fourth-order valence-electron chi connectivity index (χ4n) is 3.11. The van der Waals surface area contributed by atoms with Crippen molar-refractivity contribution in [2.24, 2.45) is 12.8 Å². The van der Waals surface area contributed by atoms with Crippen LogP contribution in [-0.4, -0.2) is 25.1 Å². The van der Waals surface area contributed by atoms with E-state index in [0.29, 0.717) is 17.1 Å². The molecular formula is C23H18ClFN6O. The standard InChI is InChI=1S/C23H18ClFN6O/c1-31-13-29-17-10-15(2-4-18(17)31)32-19-5-3-16(21(25)20(19)24)30-22-14(11-27-12-28-22)6-7-23(26)8-9-23/h2-5,10-13H,8-9,26H2,1H3,(H,27,28,30). The highest BCUT2D eigenvalue weighted by atomic mass is 35.5. The molecule has 2 aromatic heterocycles. The van der Waals surface area contributed by atoms with Crippen molar-refractivity contribution >= 4 is 34.1 Å². The molecule has 4 aromatic rings. The first-order valence-corrected chi connectivity index (χ1v) is 10.3. The van der Waals surface area contributed by atoms with Gasteiger partial charge in [0.2, 0.25) is 0 Å². The maximum atomic E-state index is 15.0. The largest absolute Gasteiger partial charge is 0.456 e. The van der Waals surface area contributed by atoms with E-state index in [0.717, 1.165) is 23.9 Å². The third-order valence-corrected chi connectivity index (χ3v) is 5.52. The molecule has 2 heterocycles. The Morgan fingerprint density at radius 1 is 1.25 bits per heavy atom. The Bertz CT molecular complexity index is 1400. The summed E-state index contributed by atoms with van der Waals surface area (Å²) in [6.45, 7) is 0. The second kappa shape index (κ2) is 7.79. The predicted octanol–water partition coefficient (Wildman–Crippen LogP) is 4.53. The number of imidazole rings is 1. The minimum atomic E-state index is -0.668. The molecule has 5 rings (SSSR count). The molecule has 0 bridgehead atoms. The molecule has 32 heavy (non-hydrogen) atoms. The number of hydrogen-bond donors (Lipinski definition) is 2. The van der Waals surface area contributed by atoms with E-state index in [1.807, 2.05) is 17.7 Å². The molecule has 1 saturated carbocycles. The van der Waals surface area contributed by atoms with Crippen molar-refractivity contribution in [2.45, 2.75) is 18.4 Å². The van der Waals surface area contributed by atoms with Gasteiger partial charge in [-0.1, -0.05) is 23.4 Å². The van der Waals surface area contributed by atoms with E-state index in [4.69, 9.17) is 22.1 Å². The van der Waals surface area contributed by atoms with Gasteiger partial charge in [0.05, 0.1) is 34.2 Å². The molecule has 3 N–H and O–H groups in total. The van der Waals surface area contributed by atoms with Gasteiger partial charge < -0.3 is 20.4 Å². The van der Waals surface area contributed by atoms with Gasteiger partial charge in [0.1, 0.15) is 28.7 Å². The highest BCUT2D eigenvalue weighted by molar-refractivity contribution is 6.32. The van der Waals surface area contributed by atoms with E-state index in [9.17, 15) is 0 Å². The van der Waals surface area contributed by atoms with Gasteiger partial charge >= 0.3 is 0 Å². The SMILES string of the molecule is Cn1cnc2cc(Oc3ccc(Nc4ncncc4C#CC4(N)CC4)c(F)c3Cl)ccc21. The molecule has 1 aliphatic rings. The second-order valence-electron chi connectivity index (χ2n) is 7.66. The first-order chi connectivity index (χ1) is 15.4. The minimum absolute atomic E-state index is 0.137. The van der Waals surface area contributed by atoms with Gasteiger partial charge in [-0.2, -0.15) is 0 Å². The van der Waals surface area contributed by atoms with Crippen molar-refractivity contribution < 1.29 is 9.13 Å². The highest BCUT2D eigenvalue weighted by Gasteiger charge is 2.36. The van der Waals surface area contributed by atoms with Crippen LogP contribution in [0.2, 0.25) is 5.02 Å². The fraction of sp³-hybridized carbons (Fsp3) is 0.174. The summed E-state index contributed by atoms with van der Waals surface area (Å²) in [6, 6.07) is 8.54. The van der Waals surface area contributed by atoms with Crippen LogP contribution in [0.5, 0.6) is 11.5 Å². The summed E-state index contributed by atoms with van der Waals surface area (Å²) in [5.74, 6) is 6.38. The van der Waals surface area contributed by atoms with Crippen molar-refractivity contribution in [2.75, 3.05) is 5.32 Å². The molecule has 2 aromatic carbocycles. The van der Waals surface area contributed by atoms with Crippen molar-refractivity contribution in [3.63, 3.8) is 0 Å². The molecule has 0 amide bonds. The quantitative estimate of drug-likeness (QED) is 0.445. The lowest BCUT2D eigenvalue weighted by molar-refractivity contribution is 0.478. The van der Waals surface area contributed by atoms with Crippen molar-refractivity contribution in [1.29, 1.82) is 0 Å². The number of nitrogens with two attached hydrogens (primary N) is 1. The van der Waals surface area contributed by atoms with Gasteiger partial charge in [0, 0.05) is 19.3 Å². The number of nitrogens with zero attached hydrogens (tertiary/aromatic N) is 4. The third-order valence-electron chi connectivity index (χ3n) is 5.17. The number of ether oxygens (including phenoxy) is 1. The summed E-state index contributed by atoms with van der Waals surface area (Å²) in [5, 5.41) is 2.78. The van der Waals surface area contributed by atoms with E-state index in [1.54, 1.807) is 30.7 Å². The number of halogens is 2. The van der Waals surface area contributed by atoms with Crippen LogP contribution < -0.4 is 15.8 Å². The first-order valence-electron chi connectivity index (χ1n) is 9.88. The zero-order chi connectivity index (χ0) is 22.3. The molecule has 1 aliphatic carbocycles. The Balaban J connectivity index is 1.40. The molecule has 0 saturated heterocycles. The average molecular weight is 449 g/mol. The van der Waals surface area contributed by atoms with E-state index in [1.165, 1.54) is 12.4 Å². The molecule has 0 aliphatic heterocycles. The van der Waals surface area contributed by atoms with Gasteiger partial charge in [0.15, 0.2) is 5.82 Å². The highest BCUT2D eigenvalue weighted by Crippen LogP contribution is 2.37. The van der Waals surface area contributed by atoms with Crippen molar-refractivity contribution in [3.05, 3.63) is 65.6 Å². The van der Waals surface area contributed by atoms with Gasteiger partial charge in [-0.25, -0.2) is 19.3 Å². The summed E-state index contributed by atoms with van der Waals surface area (Å²) in [5.41, 5.74) is 7.96. The first kappa shape index (κ1) is 20.2. The zero-order valence-corrected chi connectivity index (χ0v) is 17.8. The van der Waals surface area contributed by atoms with Crippen LogP contribution in [0, 0.1) is 17.7 Å². The number of aromatic nitrogens is 4. The topological polar surface area (TPSA) is 90.9 Å². The maximum absolute atomic E-state index is 15.0.